The molecule has 3 heterocycles. The Morgan fingerprint density at radius 3 is 2.05 bits per heavy atom. The summed E-state index contributed by atoms with van der Waals surface area (Å²) in [5.74, 6) is -21.4. The van der Waals surface area contributed by atoms with E-state index in [1.807, 2.05) is 6.07 Å². The minimum absolute atomic E-state index is 0.0448. The number of phenols is 1. The van der Waals surface area contributed by atoms with Crippen molar-refractivity contribution in [2.75, 3.05) is 9.80 Å². The summed E-state index contributed by atoms with van der Waals surface area (Å²) in [6, 6.07) is 22.6. The number of allylic oxidation sites excluding steroid dienone is 2. The molecule has 1 N–H and O–H groups in total. The summed E-state index contributed by atoms with van der Waals surface area (Å²) >= 11 is 14.6. The standard InChI is InChI=1S/C43H24Cl2F5N3O6/c44-42-17-25-23(13-14-24-29(25)39(56)52(38(24)55)19-11-9-18(10-12-19)37-51-26-7-3-4-8-28(26)59-37)30(22-15-16-27(54)21-6-2-1-5-20(21)22)43(42,45)41(58)53(40(42)57)36-34(49)32(47)31(46)33(48)35(36)50/h1-13,15-16,24-25,29-30,54H,14,17H2. The van der Waals surface area contributed by atoms with Crippen molar-refractivity contribution in [3.05, 3.63) is 131 Å². The van der Waals surface area contributed by atoms with Gasteiger partial charge in [-0.1, -0.05) is 54.1 Å². The molecular weight excluding hydrogens is 820 g/mol. The van der Waals surface area contributed by atoms with Crippen LogP contribution in [0.25, 0.3) is 33.3 Å². The lowest BCUT2D eigenvalue weighted by Crippen LogP contribution is -2.60. The summed E-state index contributed by atoms with van der Waals surface area (Å²) < 4.78 is 80.2. The number of imide groups is 2. The molecule has 10 rings (SSSR count). The van der Waals surface area contributed by atoms with Gasteiger partial charge in [-0.15, -0.1) is 23.2 Å². The van der Waals surface area contributed by atoms with Crippen LogP contribution in [0.3, 0.4) is 0 Å². The molecular formula is C43H24Cl2F5N3O6. The van der Waals surface area contributed by atoms with E-state index in [0.717, 1.165) is 4.90 Å². The number of para-hydroxylation sites is 2. The monoisotopic (exact) mass is 843 g/mol. The minimum atomic E-state index is -2.72. The van der Waals surface area contributed by atoms with Gasteiger partial charge in [-0.05, 0) is 72.2 Å². The lowest BCUT2D eigenvalue weighted by molar-refractivity contribution is -0.125. The van der Waals surface area contributed by atoms with Gasteiger partial charge in [0, 0.05) is 16.9 Å². The molecule has 2 aliphatic carbocycles. The van der Waals surface area contributed by atoms with Crippen LogP contribution < -0.4 is 9.80 Å². The minimum Gasteiger partial charge on any atom is -0.507 e. The first-order valence-electron chi connectivity index (χ1n) is 18.2. The zero-order chi connectivity index (χ0) is 41.4. The van der Waals surface area contributed by atoms with Crippen molar-refractivity contribution in [2.45, 2.75) is 28.5 Å². The number of hydrogen-bond acceptors (Lipinski definition) is 7. The maximum atomic E-state index is 15.5. The molecule has 0 spiro atoms. The van der Waals surface area contributed by atoms with Crippen molar-refractivity contribution in [3.8, 4) is 17.2 Å². The van der Waals surface area contributed by atoms with Gasteiger partial charge < -0.3 is 9.52 Å². The van der Waals surface area contributed by atoms with Crippen LogP contribution in [0.15, 0.2) is 101 Å². The Balaban J connectivity index is 1.11. The second-order valence-electron chi connectivity index (χ2n) is 15.0. The summed E-state index contributed by atoms with van der Waals surface area (Å²) in [7, 11) is 0. The van der Waals surface area contributed by atoms with Gasteiger partial charge in [-0.3, -0.25) is 24.1 Å². The number of aromatic hydroxyl groups is 1. The van der Waals surface area contributed by atoms with Crippen LogP contribution in [-0.4, -0.2) is 43.5 Å². The van der Waals surface area contributed by atoms with Crippen LogP contribution in [-0.2, 0) is 19.2 Å². The lowest BCUT2D eigenvalue weighted by Gasteiger charge is -2.51. The Morgan fingerprint density at radius 1 is 0.712 bits per heavy atom. The average Bonchev–Trinajstić information content (AvgIpc) is 3.83. The molecule has 2 aliphatic heterocycles. The van der Waals surface area contributed by atoms with E-state index in [-0.39, 0.29) is 39.3 Å². The first kappa shape index (κ1) is 37.2. The van der Waals surface area contributed by atoms with Crippen LogP contribution in [0.1, 0.15) is 24.3 Å². The summed E-state index contributed by atoms with van der Waals surface area (Å²) in [5.41, 5.74) is 0.572. The van der Waals surface area contributed by atoms with Gasteiger partial charge in [0.1, 0.15) is 17.0 Å². The maximum absolute atomic E-state index is 15.5. The number of rotatable bonds is 4. The molecule has 3 fully saturated rings. The molecule has 6 unspecified atom stereocenters. The molecule has 5 aromatic carbocycles. The number of anilines is 2. The van der Waals surface area contributed by atoms with E-state index in [1.54, 1.807) is 72.8 Å². The SMILES string of the molecule is O=C1C2CC=C3C(CC4(Cl)C(=O)N(c5c(F)c(F)c(F)c(F)c5F)C(=O)C4(Cl)C3c3ccc(O)c4ccccc34)C2C(=O)N1c1ccc(-c2nc3ccccc3o2)cc1. The molecule has 9 nitrogen and oxygen atoms in total. The third kappa shape index (κ3) is 4.81. The topological polar surface area (TPSA) is 121 Å². The van der Waals surface area contributed by atoms with Crippen molar-refractivity contribution in [3.63, 3.8) is 0 Å². The van der Waals surface area contributed by atoms with Gasteiger partial charge in [0.2, 0.25) is 23.5 Å². The van der Waals surface area contributed by atoms with Gasteiger partial charge in [-0.25, -0.2) is 31.8 Å². The second-order valence-corrected chi connectivity index (χ2v) is 16.2. The number of phenolic OH excluding ortho intramolecular Hbond substituents is 1. The van der Waals surface area contributed by atoms with Gasteiger partial charge in [0.15, 0.2) is 38.6 Å². The molecule has 6 aromatic rings. The van der Waals surface area contributed by atoms with E-state index in [0.29, 0.717) is 27.9 Å². The molecule has 2 saturated heterocycles. The molecule has 0 bridgehead atoms. The molecule has 59 heavy (non-hydrogen) atoms. The Kier molecular flexibility index (Phi) is 7.99. The summed E-state index contributed by atoms with van der Waals surface area (Å²) in [4.78, 5) is 58.0. The number of alkyl halides is 2. The fourth-order valence-corrected chi connectivity index (χ4v) is 10.4. The number of carbonyl (C=O) groups is 4. The predicted molar refractivity (Wildman–Crippen MR) is 204 cm³/mol. The number of halogens is 7. The molecule has 4 amide bonds. The largest absolute Gasteiger partial charge is 0.507 e. The molecule has 4 aliphatic rings. The predicted octanol–water partition coefficient (Wildman–Crippen LogP) is 8.82. The van der Waals surface area contributed by atoms with Crippen LogP contribution in [0, 0.1) is 46.8 Å². The van der Waals surface area contributed by atoms with E-state index in [4.69, 9.17) is 27.6 Å². The number of hydrogen-bond donors (Lipinski definition) is 1. The van der Waals surface area contributed by atoms with Crippen LogP contribution in [0.2, 0.25) is 0 Å². The summed E-state index contributed by atoms with van der Waals surface area (Å²) in [6.45, 7) is 0. The van der Waals surface area contributed by atoms with Gasteiger partial charge in [0.25, 0.3) is 11.8 Å². The van der Waals surface area contributed by atoms with Crippen molar-refractivity contribution >= 4 is 80.1 Å². The second kappa shape index (κ2) is 12.7. The third-order valence-corrected chi connectivity index (χ3v) is 13.5. The number of aromatic nitrogens is 1. The highest BCUT2D eigenvalue weighted by atomic mass is 35.5. The Hall–Kier alpha value is -6.12. The molecule has 1 saturated carbocycles. The highest BCUT2D eigenvalue weighted by molar-refractivity contribution is 6.58. The maximum Gasteiger partial charge on any atom is 0.258 e. The van der Waals surface area contributed by atoms with Gasteiger partial charge in [-0.2, -0.15) is 0 Å². The quantitative estimate of drug-likeness (QED) is 0.0471. The first-order valence-corrected chi connectivity index (χ1v) is 19.0. The van der Waals surface area contributed by atoms with E-state index >= 15 is 8.78 Å². The Labute approximate surface area is 339 Å². The molecule has 16 heteroatoms. The smallest absolute Gasteiger partial charge is 0.258 e. The van der Waals surface area contributed by atoms with Gasteiger partial charge >= 0.3 is 0 Å². The lowest BCUT2D eigenvalue weighted by atomic mass is 9.56. The van der Waals surface area contributed by atoms with Crippen LogP contribution in [0.4, 0.5) is 33.3 Å². The number of amides is 4. The normalized spacial score (nSPS) is 26.5. The van der Waals surface area contributed by atoms with Crippen molar-refractivity contribution in [1.29, 1.82) is 0 Å². The highest BCUT2D eigenvalue weighted by Gasteiger charge is 2.77. The fourth-order valence-electron chi connectivity index (χ4n) is 9.47. The van der Waals surface area contributed by atoms with E-state index in [1.165, 1.54) is 12.1 Å². The van der Waals surface area contributed by atoms with E-state index in [9.17, 15) is 37.5 Å². The fraction of sp³-hybridized carbons (Fsp3) is 0.186. The van der Waals surface area contributed by atoms with Crippen LogP contribution >= 0.6 is 23.2 Å². The van der Waals surface area contributed by atoms with Crippen molar-refractivity contribution in [1.82, 2.24) is 4.98 Å². The van der Waals surface area contributed by atoms with E-state index < -0.39 is 98.2 Å². The molecule has 1 aromatic heterocycles. The van der Waals surface area contributed by atoms with Crippen molar-refractivity contribution in [2.24, 2.45) is 17.8 Å². The van der Waals surface area contributed by atoms with Crippen LogP contribution in [0.5, 0.6) is 5.75 Å². The van der Waals surface area contributed by atoms with Gasteiger partial charge in [0.05, 0.1) is 17.5 Å². The van der Waals surface area contributed by atoms with Crippen molar-refractivity contribution < 1.29 is 50.7 Å². The zero-order valence-electron chi connectivity index (χ0n) is 29.9. The average molecular weight is 845 g/mol. The summed E-state index contributed by atoms with van der Waals surface area (Å²) in [6.07, 6.45) is 0.914. The molecule has 6 atom stereocenters. The molecule has 296 valence electrons. The number of oxazole rings is 1. The zero-order valence-corrected chi connectivity index (χ0v) is 31.4. The van der Waals surface area contributed by atoms with E-state index in [2.05, 4.69) is 4.98 Å². The third-order valence-electron chi connectivity index (χ3n) is 12.1. The number of carbonyl (C=O) groups excluding carboxylic acids is 4. The highest BCUT2D eigenvalue weighted by Crippen LogP contribution is 2.66. The number of fused-ring (bicyclic) bond motifs is 6. The Morgan fingerprint density at radius 2 is 1.36 bits per heavy atom. The number of nitrogens with zero attached hydrogens (tertiary/aromatic N) is 3. The first-order chi connectivity index (χ1) is 28.2. The Bertz CT molecular complexity index is 2880. The molecule has 0 radical (unpaired) electrons. The summed E-state index contributed by atoms with van der Waals surface area (Å²) in [5, 5.41) is 11.4. The number of benzene rings is 5.